The van der Waals surface area contributed by atoms with Crippen LogP contribution in [0, 0.1) is 11.7 Å². The Morgan fingerprint density at radius 3 is 2.30 bits per heavy atom. The van der Waals surface area contributed by atoms with Crippen molar-refractivity contribution >= 4 is 17.7 Å². The molecule has 110 valence electrons. The number of carboxylic acid groups (broad SMARTS) is 1. The molecule has 0 aliphatic heterocycles. The number of carbonyl (C=O) groups excluding carboxylic acids is 1. The maximum Gasteiger partial charge on any atom is 0.326 e. The van der Waals surface area contributed by atoms with Gasteiger partial charge in [-0.1, -0.05) is 13.8 Å². The molecule has 0 aliphatic rings. The lowest BCUT2D eigenvalue weighted by molar-refractivity contribution is -0.139. The van der Waals surface area contributed by atoms with Gasteiger partial charge >= 0.3 is 12.0 Å². The smallest absolute Gasteiger partial charge is 0.326 e. The van der Waals surface area contributed by atoms with Gasteiger partial charge < -0.3 is 10.4 Å². The summed E-state index contributed by atoms with van der Waals surface area (Å²) in [6, 6.07) is 3.90. The average Bonchev–Trinajstić information content (AvgIpc) is 2.37. The Morgan fingerprint density at radius 2 is 1.85 bits per heavy atom. The van der Waals surface area contributed by atoms with Crippen LogP contribution < -0.4 is 10.2 Å². The van der Waals surface area contributed by atoms with E-state index in [1.165, 1.54) is 36.2 Å². The molecule has 0 fully saturated rings. The minimum Gasteiger partial charge on any atom is -0.480 e. The number of anilines is 1. The SMILES string of the molecule is CC(C)C[C@@H](NC(=O)N(C)c1ccc(F)cc1)C(=O)O. The number of carboxylic acids is 1. The summed E-state index contributed by atoms with van der Waals surface area (Å²) in [5.41, 5.74) is 0.484. The van der Waals surface area contributed by atoms with Crippen LogP contribution in [0.3, 0.4) is 0 Å². The molecule has 0 saturated heterocycles. The third-order valence-corrected chi connectivity index (χ3v) is 2.82. The number of nitrogens with one attached hydrogen (secondary N) is 1. The number of aliphatic carboxylic acids is 1. The van der Waals surface area contributed by atoms with E-state index in [4.69, 9.17) is 5.11 Å². The van der Waals surface area contributed by atoms with Crippen LogP contribution in [-0.4, -0.2) is 30.2 Å². The van der Waals surface area contributed by atoms with Crippen molar-refractivity contribution in [2.75, 3.05) is 11.9 Å². The van der Waals surface area contributed by atoms with E-state index in [0.29, 0.717) is 12.1 Å². The molecule has 1 aromatic carbocycles. The van der Waals surface area contributed by atoms with Crippen LogP contribution in [0.2, 0.25) is 0 Å². The first-order valence-electron chi connectivity index (χ1n) is 6.34. The number of hydrogen-bond acceptors (Lipinski definition) is 2. The van der Waals surface area contributed by atoms with Crippen molar-refractivity contribution in [2.45, 2.75) is 26.3 Å². The number of urea groups is 1. The summed E-state index contributed by atoms with van der Waals surface area (Å²) >= 11 is 0. The minimum atomic E-state index is -1.07. The summed E-state index contributed by atoms with van der Waals surface area (Å²) in [6.07, 6.45) is 0.346. The molecule has 2 N–H and O–H groups in total. The molecular weight excluding hydrogens is 263 g/mol. The lowest BCUT2D eigenvalue weighted by Crippen LogP contribution is -2.47. The fourth-order valence-corrected chi connectivity index (χ4v) is 1.72. The van der Waals surface area contributed by atoms with Crippen LogP contribution in [0.25, 0.3) is 0 Å². The number of halogens is 1. The fourth-order valence-electron chi connectivity index (χ4n) is 1.72. The fraction of sp³-hybridized carbons (Fsp3) is 0.429. The van der Waals surface area contributed by atoms with Gasteiger partial charge in [-0.3, -0.25) is 4.90 Å². The molecule has 0 bridgehead atoms. The van der Waals surface area contributed by atoms with Gasteiger partial charge in [0.1, 0.15) is 11.9 Å². The van der Waals surface area contributed by atoms with Gasteiger partial charge in [-0.25, -0.2) is 14.0 Å². The van der Waals surface area contributed by atoms with Crippen LogP contribution in [0.1, 0.15) is 20.3 Å². The summed E-state index contributed by atoms with van der Waals surface area (Å²) in [5.74, 6) is -1.32. The molecule has 1 atom stereocenters. The summed E-state index contributed by atoms with van der Waals surface area (Å²) in [5, 5.41) is 11.5. The Balaban J connectivity index is 2.73. The summed E-state index contributed by atoms with van der Waals surface area (Å²) in [6.45, 7) is 3.76. The van der Waals surface area contributed by atoms with Crippen molar-refractivity contribution in [1.82, 2.24) is 5.32 Å². The van der Waals surface area contributed by atoms with Crippen molar-refractivity contribution in [2.24, 2.45) is 5.92 Å². The number of hydrogen-bond donors (Lipinski definition) is 2. The minimum absolute atomic E-state index is 0.146. The molecular formula is C14H19FN2O3. The molecule has 5 nitrogen and oxygen atoms in total. The van der Waals surface area contributed by atoms with Crippen molar-refractivity contribution in [3.05, 3.63) is 30.1 Å². The summed E-state index contributed by atoms with van der Waals surface area (Å²) in [4.78, 5) is 24.3. The highest BCUT2D eigenvalue weighted by Gasteiger charge is 2.23. The van der Waals surface area contributed by atoms with Gasteiger partial charge in [0.15, 0.2) is 0 Å². The van der Waals surface area contributed by atoms with Gasteiger partial charge in [-0.05, 0) is 36.6 Å². The van der Waals surface area contributed by atoms with Crippen molar-refractivity contribution in [1.29, 1.82) is 0 Å². The maximum atomic E-state index is 12.8. The predicted molar refractivity (Wildman–Crippen MR) is 74.2 cm³/mol. The Kier molecular flexibility index (Phi) is 5.49. The third-order valence-electron chi connectivity index (χ3n) is 2.82. The largest absolute Gasteiger partial charge is 0.480 e. The average molecular weight is 282 g/mol. The number of rotatable bonds is 5. The van der Waals surface area contributed by atoms with E-state index in [1.54, 1.807) is 0 Å². The van der Waals surface area contributed by atoms with Gasteiger partial charge in [-0.15, -0.1) is 0 Å². The van der Waals surface area contributed by atoms with E-state index in [1.807, 2.05) is 13.8 Å². The number of nitrogens with zero attached hydrogens (tertiary/aromatic N) is 1. The first-order chi connectivity index (χ1) is 9.31. The van der Waals surface area contributed by atoms with Crippen LogP contribution in [-0.2, 0) is 4.79 Å². The van der Waals surface area contributed by atoms with E-state index in [-0.39, 0.29) is 5.92 Å². The zero-order valence-corrected chi connectivity index (χ0v) is 11.8. The third kappa shape index (κ3) is 4.53. The van der Waals surface area contributed by atoms with Crippen LogP contribution >= 0.6 is 0 Å². The van der Waals surface area contributed by atoms with Crippen LogP contribution in [0.4, 0.5) is 14.9 Å². The van der Waals surface area contributed by atoms with E-state index in [0.717, 1.165) is 0 Å². The number of amides is 2. The normalized spacial score (nSPS) is 12.1. The molecule has 0 spiro atoms. The molecule has 6 heteroatoms. The zero-order valence-electron chi connectivity index (χ0n) is 11.8. The van der Waals surface area contributed by atoms with Gasteiger partial charge in [0.05, 0.1) is 0 Å². The molecule has 0 heterocycles. The Labute approximate surface area is 117 Å². The molecule has 0 aliphatic carbocycles. The molecule has 0 unspecified atom stereocenters. The first-order valence-corrected chi connectivity index (χ1v) is 6.34. The molecule has 20 heavy (non-hydrogen) atoms. The lowest BCUT2D eigenvalue weighted by Gasteiger charge is -2.22. The highest BCUT2D eigenvalue weighted by molar-refractivity contribution is 5.93. The predicted octanol–water partition coefficient (Wildman–Crippen LogP) is 2.47. The highest BCUT2D eigenvalue weighted by Crippen LogP contribution is 2.14. The van der Waals surface area contributed by atoms with E-state index >= 15 is 0 Å². The second kappa shape index (κ2) is 6.88. The lowest BCUT2D eigenvalue weighted by atomic mass is 10.0. The van der Waals surface area contributed by atoms with E-state index in [9.17, 15) is 14.0 Å². The van der Waals surface area contributed by atoms with Crippen molar-refractivity contribution in [3.8, 4) is 0 Å². The summed E-state index contributed by atoms with van der Waals surface area (Å²) in [7, 11) is 1.50. The Bertz CT molecular complexity index is 474. The second-order valence-electron chi connectivity index (χ2n) is 5.01. The van der Waals surface area contributed by atoms with Gasteiger partial charge in [-0.2, -0.15) is 0 Å². The van der Waals surface area contributed by atoms with E-state index < -0.39 is 23.9 Å². The van der Waals surface area contributed by atoms with Gasteiger partial charge in [0.25, 0.3) is 0 Å². The maximum absolute atomic E-state index is 12.8. The first kappa shape index (κ1) is 15.9. The molecule has 0 radical (unpaired) electrons. The van der Waals surface area contributed by atoms with E-state index in [2.05, 4.69) is 5.32 Å². The quantitative estimate of drug-likeness (QED) is 0.871. The molecule has 0 saturated carbocycles. The standard InChI is InChI=1S/C14H19FN2O3/c1-9(2)8-12(13(18)19)16-14(20)17(3)11-6-4-10(15)5-7-11/h4-7,9,12H,8H2,1-3H3,(H,16,20)(H,18,19)/t12-/m1/s1. The monoisotopic (exact) mass is 282 g/mol. The highest BCUT2D eigenvalue weighted by atomic mass is 19.1. The van der Waals surface area contributed by atoms with Gasteiger partial charge in [0.2, 0.25) is 0 Å². The van der Waals surface area contributed by atoms with Gasteiger partial charge in [0, 0.05) is 12.7 Å². The molecule has 2 amide bonds. The molecule has 1 rings (SSSR count). The topological polar surface area (TPSA) is 69.6 Å². The molecule has 0 aromatic heterocycles. The van der Waals surface area contributed by atoms with Crippen LogP contribution in [0.5, 0.6) is 0 Å². The second-order valence-corrected chi connectivity index (χ2v) is 5.01. The van der Waals surface area contributed by atoms with Crippen molar-refractivity contribution < 1.29 is 19.1 Å². The Hall–Kier alpha value is -2.11. The Morgan fingerprint density at radius 1 is 1.30 bits per heavy atom. The van der Waals surface area contributed by atoms with Crippen molar-refractivity contribution in [3.63, 3.8) is 0 Å². The zero-order chi connectivity index (χ0) is 15.3. The molecule has 1 aromatic rings. The van der Waals surface area contributed by atoms with Crippen LogP contribution in [0.15, 0.2) is 24.3 Å². The summed E-state index contributed by atoms with van der Waals surface area (Å²) < 4.78 is 12.8. The number of carbonyl (C=O) groups is 2. The number of benzene rings is 1.